The summed E-state index contributed by atoms with van der Waals surface area (Å²) < 4.78 is 3.00. The molecule has 0 aliphatic carbocycles. The lowest BCUT2D eigenvalue weighted by molar-refractivity contribution is -0.121. The average Bonchev–Trinajstić information content (AvgIpc) is 2.93. The third-order valence-corrected chi connectivity index (χ3v) is 3.90. The molecular formula is C12H11BrN4O. The lowest BCUT2D eigenvalue weighted by atomic mass is 10.0. The van der Waals surface area contributed by atoms with Gasteiger partial charge in [0.2, 0.25) is 5.91 Å². The van der Waals surface area contributed by atoms with Crippen LogP contribution in [0.5, 0.6) is 0 Å². The third kappa shape index (κ3) is 1.57. The fourth-order valence-corrected chi connectivity index (χ4v) is 3.07. The van der Waals surface area contributed by atoms with E-state index in [4.69, 9.17) is 5.84 Å². The quantitative estimate of drug-likeness (QED) is 0.503. The van der Waals surface area contributed by atoms with Crippen LogP contribution >= 0.6 is 15.9 Å². The molecule has 6 heteroatoms. The van der Waals surface area contributed by atoms with Gasteiger partial charge in [-0.3, -0.25) is 10.2 Å². The predicted molar refractivity (Wildman–Crippen MR) is 70.4 cm³/mol. The number of imidazole rings is 1. The van der Waals surface area contributed by atoms with Crippen molar-refractivity contribution < 1.29 is 4.79 Å². The maximum absolute atomic E-state index is 11.5. The third-order valence-electron chi connectivity index (χ3n) is 3.20. The Morgan fingerprint density at radius 1 is 1.56 bits per heavy atom. The van der Waals surface area contributed by atoms with E-state index in [1.54, 1.807) is 6.33 Å². The lowest BCUT2D eigenvalue weighted by Crippen LogP contribution is -2.31. The summed E-state index contributed by atoms with van der Waals surface area (Å²) in [6.45, 7) is 0. The number of rotatable bonds is 2. The zero-order valence-electron chi connectivity index (χ0n) is 9.43. The lowest BCUT2D eigenvalue weighted by Gasteiger charge is -2.14. The van der Waals surface area contributed by atoms with Gasteiger partial charge < -0.3 is 4.57 Å². The number of carbonyl (C=O) groups is 1. The van der Waals surface area contributed by atoms with Gasteiger partial charge >= 0.3 is 0 Å². The molecule has 3 N–H and O–H groups in total. The van der Waals surface area contributed by atoms with Crippen molar-refractivity contribution in [3.8, 4) is 11.3 Å². The number of halogens is 1. The van der Waals surface area contributed by atoms with Crippen LogP contribution < -0.4 is 11.3 Å². The summed E-state index contributed by atoms with van der Waals surface area (Å²) >= 11 is 3.55. The first-order valence-electron chi connectivity index (χ1n) is 5.52. The highest BCUT2D eigenvalue weighted by molar-refractivity contribution is 9.10. The molecule has 1 aromatic carbocycles. The summed E-state index contributed by atoms with van der Waals surface area (Å²) in [7, 11) is 0. The minimum Gasteiger partial charge on any atom is -0.322 e. The Morgan fingerprint density at radius 2 is 2.39 bits per heavy atom. The summed E-state index contributed by atoms with van der Waals surface area (Å²) in [6.07, 6.45) is 3.86. The number of nitrogens with zero attached hydrogens (tertiary/aromatic N) is 2. The van der Waals surface area contributed by atoms with Crippen molar-refractivity contribution in [1.29, 1.82) is 0 Å². The number of fused-ring (bicyclic) bond motifs is 3. The molecule has 2 heterocycles. The minimum absolute atomic E-state index is 0.0587. The van der Waals surface area contributed by atoms with Crippen molar-refractivity contribution in [2.75, 3.05) is 0 Å². The Bertz CT molecular complexity index is 622. The van der Waals surface area contributed by atoms with Crippen molar-refractivity contribution in [1.82, 2.24) is 15.0 Å². The Morgan fingerprint density at radius 3 is 3.17 bits per heavy atom. The standard InChI is InChI=1S/C12H11BrN4O/c13-8-3-1-2-7-10-5-15-6-17(10)9(12(7)8)4-11(18)16-14/h1-3,5-6,9H,4,14H2,(H,16,18). The second kappa shape index (κ2) is 4.22. The summed E-state index contributed by atoms with van der Waals surface area (Å²) in [4.78, 5) is 15.7. The number of nitrogens with one attached hydrogen (secondary N) is 1. The number of hydrazine groups is 1. The fourth-order valence-electron chi connectivity index (χ4n) is 2.43. The van der Waals surface area contributed by atoms with Gasteiger partial charge in [0.25, 0.3) is 0 Å². The predicted octanol–water partition coefficient (Wildman–Crippen LogP) is 1.60. The highest BCUT2D eigenvalue weighted by Gasteiger charge is 2.31. The van der Waals surface area contributed by atoms with E-state index in [1.165, 1.54) is 0 Å². The molecule has 1 aliphatic rings. The number of hydrogen-bond acceptors (Lipinski definition) is 3. The van der Waals surface area contributed by atoms with Gasteiger partial charge in [-0.1, -0.05) is 28.1 Å². The second-order valence-corrected chi connectivity index (χ2v) is 5.03. The highest BCUT2D eigenvalue weighted by atomic mass is 79.9. The average molecular weight is 307 g/mol. The molecule has 2 aromatic rings. The number of nitrogens with two attached hydrogens (primary N) is 1. The van der Waals surface area contributed by atoms with Gasteiger partial charge in [0.05, 0.1) is 30.7 Å². The Kier molecular flexibility index (Phi) is 2.68. The SMILES string of the molecule is NNC(=O)CC1c2c(Br)cccc2-c2cncn21. The molecule has 0 radical (unpaired) electrons. The van der Waals surface area contributed by atoms with E-state index in [1.807, 2.05) is 29.0 Å². The Hall–Kier alpha value is -1.66. The molecule has 1 amide bonds. The zero-order valence-corrected chi connectivity index (χ0v) is 11.0. The summed E-state index contributed by atoms with van der Waals surface area (Å²) in [5.74, 6) is 4.98. The highest BCUT2D eigenvalue weighted by Crippen LogP contribution is 2.44. The maximum atomic E-state index is 11.5. The van der Waals surface area contributed by atoms with Crippen molar-refractivity contribution in [3.63, 3.8) is 0 Å². The van der Waals surface area contributed by atoms with Crippen molar-refractivity contribution in [2.24, 2.45) is 5.84 Å². The Labute approximate surface area is 112 Å². The first kappa shape index (κ1) is 11.4. The smallest absolute Gasteiger partial charge is 0.236 e. The minimum atomic E-state index is -0.191. The van der Waals surface area contributed by atoms with Gasteiger partial charge in [0.15, 0.2) is 0 Å². The Balaban J connectivity index is 2.14. The van der Waals surface area contributed by atoms with Gasteiger partial charge in [0, 0.05) is 10.0 Å². The van der Waals surface area contributed by atoms with E-state index in [9.17, 15) is 4.79 Å². The van der Waals surface area contributed by atoms with Gasteiger partial charge in [-0.05, 0) is 11.6 Å². The van der Waals surface area contributed by atoms with Gasteiger partial charge in [-0.2, -0.15) is 0 Å². The van der Waals surface area contributed by atoms with E-state index in [0.29, 0.717) is 6.42 Å². The van der Waals surface area contributed by atoms with Crippen LogP contribution in [0.25, 0.3) is 11.3 Å². The molecule has 1 aromatic heterocycles. The summed E-state index contributed by atoms with van der Waals surface area (Å²) in [5.41, 5.74) is 5.42. The molecule has 1 unspecified atom stereocenters. The van der Waals surface area contributed by atoms with Crippen LogP contribution in [0, 0.1) is 0 Å². The molecule has 18 heavy (non-hydrogen) atoms. The first-order valence-corrected chi connectivity index (χ1v) is 6.31. The molecule has 0 saturated heterocycles. The molecule has 0 spiro atoms. The molecule has 0 saturated carbocycles. The second-order valence-electron chi connectivity index (χ2n) is 4.17. The molecule has 5 nitrogen and oxygen atoms in total. The number of hydrogen-bond donors (Lipinski definition) is 2. The van der Waals surface area contributed by atoms with Crippen LogP contribution in [0.2, 0.25) is 0 Å². The molecule has 3 rings (SSSR count). The first-order chi connectivity index (χ1) is 8.72. The van der Waals surface area contributed by atoms with Crippen molar-refractivity contribution in [3.05, 3.63) is 40.8 Å². The molecule has 0 bridgehead atoms. The van der Waals surface area contributed by atoms with Gasteiger partial charge in [-0.15, -0.1) is 0 Å². The normalized spacial score (nSPS) is 16.2. The van der Waals surface area contributed by atoms with Crippen LogP contribution in [0.3, 0.4) is 0 Å². The van der Waals surface area contributed by atoms with E-state index in [0.717, 1.165) is 21.3 Å². The molecule has 92 valence electrons. The van der Waals surface area contributed by atoms with E-state index < -0.39 is 0 Å². The van der Waals surface area contributed by atoms with Crippen LogP contribution in [0.4, 0.5) is 0 Å². The number of benzene rings is 1. The van der Waals surface area contributed by atoms with Crippen LogP contribution in [-0.4, -0.2) is 15.5 Å². The fraction of sp³-hybridized carbons (Fsp3) is 0.167. The van der Waals surface area contributed by atoms with E-state index in [2.05, 4.69) is 26.3 Å². The van der Waals surface area contributed by atoms with Crippen molar-refractivity contribution in [2.45, 2.75) is 12.5 Å². The van der Waals surface area contributed by atoms with Crippen LogP contribution in [-0.2, 0) is 4.79 Å². The monoisotopic (exact) mass is 306 g/mol. The topological polar surface area (TPSA) is 72.9 Å². The summed E-state index contributed by atoms with van der Waals surface area (Å²) in [6, 6.07) is 5.93. The van der Waals surface area contributed by atoms with Gasteiger partial charge in [0.1, 0.15) is 0 Å². The molecule has 0 fully saturated rings. The number of amides is 1. The van der Waals surface area contributed by atoms with Gasteiger partial charge in [-0.25, -0.2) is 10.8 Å². The zero-order chi connectivity index (χ0) is 12.7. The molecule has 1 aliphatic heterocycles. The van der Waals surface area contributed by atoms with E-state index >= 15 is 0 Å². The maximum Gasteiger partial charge on any atom is 0.236 e. The van der Waals surface area contributed by atoms with Crippen molar-refractivity contribution >= 4 is 21.8 Å². The largest absolute Gasteiger partial charge is 0.322 e. The molecular weight excluding hydrogens is 296 g/mol. The van der Waals surface area contributed by atoms with Crippen LogP contribution in [0.1, 0.15) is 18.0 Å². The molecule has 1 atom stereocenters. The van der Waals surface area contributed by atoms with Crippen LogP contribution in [0.15, 0.2) is 35.2 Å². The van der Waals surface area contributed by atoms with E-state index in [-0.39, 0.29) is 11.9 Å². The summed E-state index contributed by atoms with van der Waals surface area (Å²) in [5, 5.41) is 0. The number of aromatic nitrogens is 2. The number of carbonyl (C=O) groups excluding carboxylic acids is 1.